The highest BCUT2D eigenvalue weighted by atomic mass is 32.2. The van der Waals surface area contributed by atoms with E-state index in [0.29, 0.717) is 16.2 Å². The van der Waals surface area contributed by atoms with E-state index in [0.717, 1.165) is 14.5 Å². The molecule has 5 nitrogen and oxygen atoms in total. The first-order valence-electron chi connectivity index (χ1n) is 6.73. The van der Waals surface area contributed by atoms with Gasteiger partial charge in [-0.15, -0.1) is 11.3 Å². The summed E-state index contributed by atoms with van der Waals surface area (Å²) in [6.45, 7) is 3.86. The highest BCUT2D eigenvalue weighted by Crippen LogP contribution is 2.29. The molecule has 1 amide bonds. The predicted molar refractivity (Wildman–Crippen MR) is 94.5 cm³/mol. The van der Waals surface area contributed by atoms with Gasteiger partial charge in [0.2, 0.25) is 0 Å². The van der Waals surface area contributed by atoms with Gasteiger partial charge in [-0.3, -0.25) is 10.1 Å². The first kappa shape index (κ1) is 16.1. The molecule has 0 aliphatic carbocycles. The van der Waals surface area contributed by atoms with Gasteiger partial charge in [0.1, 0.15) is 0 Å². The maximum atomic E-state index is 12.3. The average molecular weight is 366 g/mol. The van der Waals surface area contributed by atoms with Crippen LogP contribution < -0.4 is 5.32 Å². The molecule has 0 spiro atoms. The molecule has 0 fully saturated rings. The number of sulfone groups is 1. The minimum Gasteiger partial charge on any atom is -0.298 e. The summed E-state index contributed by atoms with van der Waals surface area (Å²) in [4.78, 5) is 18.9. The van der Waals surface area contributed by atoms with E-state index >= 15 is 0 Å². The lowest BCUT2D eigenvalue weighted by Gasteiger charge is -1.99. The van der Waals surface area contributed by atoms with Crippen LogP contribution in [0.1, 0.15) is 20.1 Å². The van der Waals surface area contributed by atoms with Crippen LogP contribution in [0.3, 0.4) is 0 Å². The maximum absolute atomic E-state index is 12.3. The first-order valence-corrected chi connectivity index (χ1v) is 10.3. The van der Waals surface area contributed by atoms with Crippen LogP contribution in [-0.2, 0) is 9.84 Å². The Kier molecular flexibility index (Phi) is 3.99. The average Bonchev–Trinajstić information content (AvgIpc) is 2.98. The summed E-state index contributed by atoms with van der Waals surface area (Å²) in [5.41, 5.74) is 1.31. The van der Waals surface area contributed by atoms with E-state index in [1.54, 1.807) is 23.5 Å². The summed E-state index contributed by atoms with van der Waals surface area (Å²) in [6.07, 6.45) is 1.17. The van der Waals surface area contributed by atoms with Crippen molar-refractivity contribution < 1.29 is 13.2 Å². The highest BCUT2D eigenvalue weighted by Gasteiger charge is 2.15. The number of rotatable bonds is 3. The van der Waals surface area contributed by atoms with Gasteiger partial charge in [-0.1, -0.05) is 11.3 Å². The molecule has 3 aromatic rings. The molecule has 1 aromatic carbocycles. The Morgan fingerprint density at radius 1 is 1.17 bits per heavy atom. The Bertz CT molecular complexity index is 1020. The number of thiophene rings is 1. The summed E-state index contributed by atoms with van der Waals surface area (Å²) < 4.78 is 23.9. The fourth-order valence-corrected chi connectivity index (χ4v) is 4.75. The molecule has 120 valence electrons. The number of benzene rings is 1. The van der Waals surface area contributed by atoms with Gasteiger partial charge in [-0.25, -0.2) is 13.4 Å². The normalized spacial score (nSPS) is 11.8. The van der Waals surface area contributed by atoms with Crippen LogP contribution in [-0.4, -0.2) is 25.6 Å². The van der Waals surface area contributed by atoms with E-state index in [1.165, 1.54) is 23.7 Å². The standard InChI is InChI=1S/C15H14N2O3S3/c1-8-6-11(9(2)21-8)14(18)17-15-16-12-5-4-10(23(3,19)20)7-13(12)22-15/h4-7H,1-3H3,(H,16,17,18). The van der Waals surface area contributed by atoms with Gasteiger partial charge in [-0.2, -0.15) is 0 Å². The zero-order valence-corrected chi connectivity index (χ0v) is 15.2. The Morgan fingerprint density at radius 2 is 1.91 bits per heavy atom. The Labute approximate surface area is 141 Å². The van der Waals surface area contributed by atoms with Gasteiger partial charge in [0.25, 0.3) is 5.91 Å². The van der Waals surface area contributed by atoms with Crippen molar-refractivity contribution in [1.29, 1.82) is 0 Å². The quantitative estimate of drug-likeness (QED) is 0.768. The summed E-state index contributed by atoms with van der Waals surface area (Å²) >= 11 is 2.83. The number of thiazole rings is 1. The Morgan fingerprint density at radius 3 is 2.52 bits per heavy atom. The third-order valence-corrected chi connectivity index (χ3v) is 6.30. The molecule has 1 N–H and O–H groups in total. The molecule has 0 bridgehead atoms. The fraction of sp³-hybridized carbons (Fsp3) is 0.200. The van der Waals surface area contributed by atoms with E-state index < -0.39 is 9.84 Å². The highest BCUT2D eigenvalue weighted by molar-refractivity contribution is 7.90. The van der Waals surface area contributed by atoms with E-state index in [2.05, 4.69) is 10.3 Å². The lowest BCUT2D eigenvalue weighted by Crippen LogP contribution is -2.11. The molecule has 3 rings (SSSR count). The molecule has 2 aromatic heterocycles. The molecule has 0 unspecified atom stereocenters. The van der Waals surface area contributed by atoms with Crippen molar-refractivity contribution >= 4 is 53.8 Å². The van der Waals surface area contributed by atoms with Crippen LogP contribution >= 0.6 is 22.7 Å². The number of anilines is 1. The van der Waals surface area contributed by atoms with Crippen molar-refractivity contribution in [2.45, 2.75) is 18.7 Å². The Hall–Kier alpha value is -1.77. The second-order valence-corrected chi connectivity index (χ2v) is 9.71. The molecule has 0 saturated heterocycles. The van der Waals surface area contributed by atoms with E-state index in [4.69, 9.17) is 0 Å². The Balaban J connectivity index is 1.92. The SMILES string of the molecule is Cc1cc(C(=O)Nc2nc3ccc(S(C)(=O)=O)cc3s2)c(C)s1. The molecule has 8 heteroatoms. The number of carbonyl (C=O) groups excluding carboxylic acids is 1. The van der Waals surface area contributed by atoms with Crippen molar-refractivity contribution in [3.8, 4) is 0 Å². The number of aryl methyl sites for hydroxylation is 2. The molecular formula is C15H14N2O3S3. The minimum atomic E-state index is -3.26. The molecule has 0 saturated carbocycles. The summed E-state index contributed by atoms with van der Waals surface area (Å²) in [6, 6.07) is 6.61. The number of fused-ring (bicyclic) bond motifs is 1. The molecule has 0 aliphatic rings. The van der Waals surface area contributed by atoms with Gasteiger partial charge < -0.3 is 0 Å². The third kappa shape index (κ3) is 3.29. The second kappa shape index (κ2) is 5.70. The van der Waals surface area contributed by atoms with Gasteiger partial charge in [-0.05, 0) is 38.1 Å². The number of hydrogen-bond acceptors (Lipinski definition) is 6. The molecular weight excluding hydrogens is 352 g/mol. The van der Waals surface area contributed by atoms with Gasteiger partial charge >= 0.3 is 0 Å². The van der Waals surface area contributed by atoms with Crippen LogP contribution in [0.4, 0.5) is 5.13 Å². The minimum absolute atomic E-state index is 0.200. The molecule has 2 heterocycles. The number of nitrogens with zero attached hydrogens (tertiary/aromatic N) is 1. The summed E-state index contributed by atoms with van der Waals surface area (Å²) in [7, 11) is -3.26. The smallest absolute Gasteiger partial charge is 0.258 e. The van der Waals surface area contributed by atoms with Crippen LogP contribution in [0.25, 0.3) is 10.2 Å². The maximum Gasteiger partial charge on any atom is 0.258 e. The van der Waals surface area contributed by atoms with Crippen LogP contribution in [0, 0.1) is 13.8 Å². The number of amides is 1. The second-order valence-electron chi connectivity index (χ2n) is 5.20. The van der Waals surface area contributed by atoms with E-state index in [-0.39, 0.29) is 10.8 Å². The largest absolute Gasteiger partial charge is 0.298 e. The van der Waals surface area contributed by atoms with Crippen molar-refractivity contribution in [1.82, 2.24) is 4.98 Å². The van der Waals surface area contributed by atoms with Gasteiger partial charge in [0.15, 0.2) is 15.0 Å². The lowest BCUT2D eigenvalue weighted by atomic mass is 10.2. The van der Waals surface area contributed by atoms with Crippen LogP contribution in [0.2, 0.25) is 0 Å². The van der Waals surface area contributed by atoms with E-state index in [9.17, 15) is 13.2 Å². The predicted octanol–water partition coefficient (Wildman–Crippen LogP) is 3.63. The van der Waals surface area contributed by atoms with Gasteiger partial charge in [0.05, 0.1) is 20.7 Å². The fourth-order valence-electron chi connectivity index (χ4n) is 2.21. The van der Waals surface area contributed by atoms with Gasteiger partial charge in [0, 0.05) is 16.0 Å². The van der Waals surface area contributed by atoms with Crippen molar-refractivity contribution in [2.24, 2.45) is 0 Å². The lowest BCUT2D eigenvalue weighted by molar-refractivity contribution is 0.102. The number of nitrogens with one attached hydrogen (secondary N) is 1. The number of aromatic nitrogens is 1. The van der Waals surface area contributed by atoms with Crippen molar-refractivity contribution in [3.05, 3.63) is 39.6 Å². The first-order chi connectivity index (χ1) is 10.7. The third-order valence-electron chi connectivity index (χ3n) is 3.29. The molecule has 0 atom stereocenters. The molecule has 0 radical (unpaired) electrons. The molecule has 23 heavy (non-hydrogen) atoms. The zero-order valence-electron chi connectivity index (χ0n) is 12.7. The van der Waals surface area contributed by atoms with Crippen molar-refractivity contribution in [3.63, 3.8) is 0 Å². The van der Waals surface area contributed by atoms with Crippen LogP contribution in [0.15, 0.2) is 29.2 Å². The monoisotopic (exact) mass is 366 g/mol. The summed E-state index contributed by atoms with van der Waals surface area (Å²) in [5.74, 6) is -0.200. The van der Waals surface area contributed by atoms with Crippen molar-refractivity contribution in [2.75, 3.05) is 11.6 Å². The number of carbonyl (C=O) groups is 1. The number of hydrogen-bond donors (Lipinski definition) is 1. The zero-order chi connectivity index (χ0) is 16.8. The van der Waals surface area contributed by atoms with E-state index in [1.807, 2.05) is 19.9 Å². The topological polar surface area (TPSA) is 76.1 Å². The molecule has 0 aliphatic heterocycles. The summed E-state index contributed by atoms with van der Waals surface area (Å²) in [5, 5.41) is 3.24. The van der Waals surface area contributed by atoms with Crippen LogP contribution in [0.5, 0.6) is 0 Å².